The lowest BCUT2D eigenvalue weighted by Crippen LogP contribution is -2.17. The van der Waals surface area contributed by atoms with E-state index in [2.05, 4.69) is 16.7 Å². The molecule has 0 unspecified atom stereocenters. The summed E-state index contributed by atoms with van der Waals surface area (Å²) in [7, 11) is 0. The molecule has 0 saturated heterocycles. The first-order chi connectivity index (χ1) is 12.2. The van der Waals surface area contributed by atoms with Crippen molar-refractivity contribution in [2.24, 2.45) is 0 Å². The van der Waals surface area contributed by atoms with Gasteiger partial charge >= 0.3 is 0 Å². The van der Waals surface area contributed by atoms with Crippen molar-refractivity contribution in [3.05, 3.63) is 48.0 Å². The molecular formula is C21H21N3O. The smallest absolute Gasteiger partial charge is 0.120 e. The fourth-order valence-electron chi connectivity index (χ4n) is 3.61. The lowest BCUT2D eigenvalue weighted by Gasteiger charge is -2.30. The zero-order valence-corrected chi connectivity index (χ0v) is 14.3. The second kappa shape index (κ2) is 6.18. The molecule has 2 N–H and O–H groups in total. The van der Waals surface area contributed by atoms with Gasteiger partial charge in [-0.05, 0) is 62.1 Å². The molecule has 1 aliphatic rings. The Labute approximate surface area is 147 Å². The quantitative estimate of drug-likeness (QED) is 0.693. The fraction of sp³-hybridized carbons (Fsp3) is 0.286. The van der Waals surface area contributed by atoms with Crippen molar-refractivity contribution in [3.63, 3.8) is 0 Å². The van der Waals surface area contributed by atoms with Gasteiger partial charge in [0, 0.05) is 17.1 Å². The Morgan fingerprint density at radius 1 is 1.20 bits per heavy atom. The molecule has 2 aromatic carbocycles. The first kappa shape index (κ1) is 15.6. The number of nitrogen functional groups attached to an aromatic ring is 1. The Morgan fingerprint density at radius 2 is 1.96 bits per heavy atom. The van der Waals surface area contributed by atoms with Crippen LogP contribution in [0.4, 0.5) is 5.69 Å². The molecule has 0 amide bonds. The second-order valence-electron chi connectivity index (χ2n) is 6.52. The maximum absolute atomic E-state index is 9.91. The lowest BCUT2D eigenvalue weighted by molar-refractivity contribution is 0.324. The van der Waals surface area contributed by atoms with E-state index in [9.17, 15) is 5.26 Å². The number of ether oxygens (including phenoxy) is 1. The standard InChI is InChI=1S/C21H21N3O/c1-2-25-17-10-11-20-18(12-17)19(13-22)21(24(20)16-4-3-5-16)14-6-8-15(23)9-7-14/h6-12,16H,2-5,23H2,1H3. The van der Waals surface area contributed by atoms with Gasteiger partial charge in [0.2, 0.25) is 0 Å². The molecule has 0 radical (unpaired) electrons. The fourth-order valence-corrected chi connectivity index (χ4v) is 3.61. The third kappa shape index (κ3) is 2.53. The minimum atomic E-state index is 0.454. The van der Waals surface area contributed by atoms with E-state index in [1.165, 1.54) is 6.42 Å². The number of rotatable bonds is 4. The summed E-state index contributed by atoms with van der Waals surface area (Å²) in [4.78, 5) is 0. The summed E-state index contributed by atoms with van der Waals surface area (Å²) in [6.45, 7) is 2.58. The number of hydrogen-bond acceptors (Lipinski definition) is 3. The molecular weight excluding hydrogens is 310 g/mol. The largest absolute Gasteiger partial charge is 0.494 e. The van der Waals surface area contributed by atoms with E-state index in [-0.39, 0.29) is 0 Å². The molecule has 126 valence electrons. The number of nitrogens with zero attached hydrogens (tertiary/aromatic N) is 2. The van der Waals surface area contributed by atoms with Crippen LogP contribution in [0.2, 0.25) is 0 Å². The van der Waals surface area contributed by atoms with Crippen LogP contribution in [-0.2, 0) is 0 Å². The molecule has 4 nitrogen and oxygen atoms in total. The number of anilines is 1. The third-order valence-electron chi connectivity index (χ3n) is 5.02. The summed E-state index contributed by atoms with van der Waals surface area (Å²) in [5.74, 6) is 0.807. The van der Waals surface area contributed by atoms with Gasteiger partial charge in [-0.2, -0.15) is 5.26 Å². The Hall–Kier alpha value is -2.93. The second-order valence-corrected chi connectivity index (χ2v) is 6.52. The Bertz CT molecular complexity index is 959. The molecule has 1 fully saturated rings. The molecule has 4 rings (SSSR count). The highest BCUT2D eigenvalue weighted by molar-refractivity contribution is 5.95. The van der Waals surface area contributed by atoms with Gasteiger partial charge in [0.15, 0.2) is 0 Å². The normalized spacial score (nSPS) is 14.2. The highest BCUT2D eigenvalue weighted by Gasteiger charge is 2.27. The van der Waals surface area contributed by atoms with Gasteiger partial charge in [-0.25, -0.2) is 0 Å². The van der Waals surface area contributed by atoms with Crippen LogP contribution in [0.15, 0.2) is 42.5 Å². The van der Waals surface area contributed by atoms with Gasteiger partial charge in [-0.1, -0.05) is 12.1 Å². The number of nitrogens with two attached hydrogens (primary N) is 1. The number of fused-ring (bicyclic) bond motifs is 1. The molecule has 1 aromatic heterocycles. The molecule has 0 atom stereocenters. The first-order valence-electron chi connectivity index (χ1n) is 8.79. The van der Waals surface area contributed by atoms with Gasteiger partial charge in [0.05, 0.1) is 23.4 Å². The van der Waals surface area contributed by atoms with Crippen molar-refractivity contribution < 1.29 is 4.74 Å². The van der Waals surface area contributed by atoms with E-state index in [0.717, 1.165) is 46.4 Å². The van der Waals surface area contributed by atoms with E-state index in [1.807, 2.05) is 43.3 Å². The molecule has 0 spiro atoms. The number of nitriles is 1. The van der Waals surface area contributed by atoms with Gasteiger partial charge in [-0.3, -0.25) is 0 Å². The van der Waals surface area contributed by atoms with Gasteiger partial charge < -0.3 is 15.0 Å². The average Bonchev–Trinajstić information content (AvgIpc) is 2.88. The summed E-state index contributed by atoms with van der Waals surface area (Å²) in [6, 6.07) is 16.8. The van der Waals surface area contributed by atoms with E-state index in [4.69, 9.17) is 10.5 Å². The minimum absolute atomic E-state index is 0.454. The van der Waals surface area contributed by atoms with Crippen LogP contribution >= 0.6 is 0 Å². The lowest BCUT2D eigenvalue weighted by atomic mass is 9.92. The SMILES string of the molecule is CCOc1ccc2c(c1)c(C#N)c(-c1ccc(N)cc1)n2C1CCC1. The molecule has 1 aliphatic carbocycles. The summed E-state index contributed by atoms with van der Waals surface area (Å²) >= 11 is 0. The summed E-state index contributed by atoms with van der Waals surface area (Å²) in [6.07, 6.45) is 3.55. The van der Waals surface area contributed by atoms with E-state index >= 15 is 0 Å². The van der Waals surface area contributed by atoms with Crippen LogP contribution in [0.5, 0.6) is 5.75 Å². The van der Waals surface area contributed by atoms with Gasteiger partial charge in [-0.15, -0.1) is 0 Å². The van der Waals surface area contributed by atoms with E-state index in [1.54, 1.807) is 0 Å². The summed E-state index contributed by atoms with van der Waals surface area (Å²) in [5.41, 5.74) is 10.4. The highest BCUT2D eigenvalue weighted by Crippen LogP contribution is 2.43. The van der Waals surface area contributed by atoms with Crippen molar-refractivity contribution in [2.75, 3.05) is 12.3 Å². The maximum atomic E-state index is 9.91. The molecule has 1 saturated carbocycles. The summed E-state index contributed by atoms with van der Waals surface area (Å²) < 4.78 is 8.00. The monoisotopic (exact) mass is 331 g/mol. The zero-order chi connectivity index (χ0) is 17.4. The van der Waals surface area contributed by atoms with Crippen molar-refractivity contribution in [1.82, 2.24) is 4.57 Å². The Kier molecular flexibility index (Phi) is 3.85. The predicted molar refractivity (Wildman–Crippen MR) is 101 cm³/mol. The molecule has 25 heavy (non-hydrogen) atoms. The van der Waals surface area contributed by atoms with Crippen molar-refractivity contribution in [2.45, 2.75) is 32.2 Å². The topological polar surface area (TPSA) is 64.0 Å². The van der Waals surface area contributed by atoms with Gasteiger partial charge in [0.25, 0.3) is 0 Å². The van der Waals surface area contributed by atoms with Crippen LogP contribution in [0.25, 0.3) is 22.2 Å². The zero-order valence-electron chi connectivity index (χ0n) is 14.3. The number of aromatic nitrogens is 1. The first-order valence-corrected chi connectivity index (χ1v) is 8.79. The number of hydrogen-bond donors (Lipinski definition) is 1. The predicted octanol–water partition coefficient (Wildman–Crippen LogP) is 4.89. The van der Waals surface area contributed by atoms with Crippen LogP contribution in [0.1, 0.15) is 37.8 Å². The number of benzene rings is 2. The van der Waals surface area contributed by atoms with Crippen LogP contribution in [0.3, 0.4) is 0 Å². The van der Waals surface area contributed by atoms with Crippen LogP contribution in [-0.4, -0.2) is 11.2 Å². The third-order valence-corrected chi connectivity index (χ3v) is 5.02. The molecule has 0 bridgehead atoms. The minimum Gasteiger partial charge on any atom is -0.494 e. The highest BCUT2D eigenvalue weighted by atomic mass is 16.5. The average molecular weight is 331 g/mol. The van der Waals surface area contributed by atoms with Crippen molar-refractivity contribution in [3.8, 4) is 23.1 Å². The molecule has 1 heterocycles. The molecule has 0 aliphatic heterocycles. The van der Waals surface area contributed by atoms with Crippen LogP contribution in [0, 0.1) is 11.3 Å². The van der Waals surface area contributed by atoms with Gasteiger partial charge in [0.1, 0.15) is 11.8 Å². The van der Waals surface area contributed by atoms with E-state index < -0.39 is 0 Å². The Morgan fingerprint density at radius 3 is 2.56 bits per heavy atom. The maximum Gasteiger partial charge on any atom is 0.120 e. The van der Waals surface area contributed by atoms with Crippen molar-refractivity contribution >= 4 is 16.6 Å². The van der Waals surface area contributed by atoms with Crippen molar-refractivity contribution in [1.29, 1.82) is 5.26 Å². The Balaban J connectivity index is 2.01. The molecule has 4 heteroatoms. The summed E-state index contributed by atoms with van der Waals surface area (Å²) in [5, 5.41) is 10.9. The van der Waals surface area contributed by atoms with Crippen LogP contribution < -0.4 is 10.5 Å². The molecule has 3 aromatic rings. The van der Waals surface area contributed by atoms with E-state index in [0.29, 0.717) is 18.2 Å².